The predicted octanol–water partition coefficient (Wildman–Crippen LogP) is 4.35. The molecule has 1 saturated carbocycles. The normalized spacial score (nSPS) is 21.1. The van der Waals surface area contributed by atoms with Gasteiger partial charge < -0.3 is 20.1 Å². The number of hydrogen-bond donors (Lipinski definition) is 2. The summed E-state index contributed by atoms with van der Waals surface area (Å²) >= 11 is 3.46. The van der Waals surface area contributed by atoms with E-state index in [4.69, 9.17) is 9.47 Å². The second-order valence-electron chi connectivity index (χ2n) is 6.98. The molecule has 1 aromatic rings. The Balaban J connectivity index is 1.87. The first-order chi connectivity index (χ1) is 13.0. The fourth-order valence-corrected chi connectivity index (χ4v) is 4.21. The number of ether oxygens (including phenoxy) is 2. The molecule has 1 aliphatic carbocycles. The molecule has 1 fully saturated rings. The highest BCUT2D eigenvalue weighted by Crippen LogP contribution is 2.33. The van der Waals surface area contributed by atoms with Gasteiger partial charge in [0, 0.05) is 5.70 Å². The van der Waals surface area contributed by atoms with Crippen molar-refractivity contribution < 1.29 is 19.1 Å². The predicted molar refractivity (Wildman–Crippen MR) is 105 cm³/mol. The lowest BCUT2D eigenvalue weighted by molar-refractivity contribution is -0.145. The lowest BCUT2D eigenvalue weighted by Crippen LogP contribution is -2.45. The number of nitrogens with one attached hydrogen (secondary N) is 2. The highest BCUT2D eigenvalue weighted by Gasteiger charge is 2.33. The van der Waals surface area contributed by atoms with E-state index in [1.807, 2.05) is 12.1 Å². The van der Waals surface area contributed by atoms with Gasteiger partial charge in [0.1, 0.15) is 11.9 Å². The smallest absolute Gasteiger partial charge is 0.338 e. The van der Waals surface area contributed by atoms with Crippen LogP contribution in [0.5, 0.6) is 5.75 Å². The van der Waals surface area contributed by atoms with E-state index in [-0.39, 0.29) is 18.1 Å². The first kappa shape index (κ1) is 19.7. The second-order valence-corrected chi connectivity index (χ2v) is 7.84. The lowest BCUT2D eigenvalue weighted by atomic mass is 9.95. The summed E-state index contributed by atoms with van der Waals surface area (Å²) < 4.78 is 11.8. The van der Waals surface area contributed by atoms with E-state index in [0.29, 0.717) is 17.0 Å². The molecule has 1 aliphatic heterocycles. The molecule has 1 heterocycles. The van der Waals surface area contributed by atoms with Gasteiger partial charge >= 0.3 is 12.0 Å². The van der Waals surface area contributed by atoms with E-state index >= 15 is 0 Å². The van der Waals surface area contributed by atoms with Crippen LogP contribution < -0.4 is 15.4 Å². The number of benzene rings is 1. The molecular formula is C20H25BrN2O4. The Labute approximate surface area is 167 Å². The van der Waals surface area contributed by atoms with Gasteiger partial charge in [-0.3, -0.25) is 0 Å². The minimum Gasteiger partial charge on any atom is -0.496 e. The molecule has 0 aromatic heterocycles. The SMILES string of the molecule is COc1ccc([C@@H]2NC(=O)NC(C)=C2C(=O)OC2CCCCCC2)cc1Br. The van der Waals surface area contributed by atoms with Gasteiger partial charge in [0.05, 0.1) is 23.2 Å². The van der Waals surface area contributed by atoms with Crippen molar-refractivity contribution in [3.63, 3.8) is 0 Å². The summed E-state index contributed by atoms with van der Waals surface area (Å²) in [5, 5.41) is 5.53. The largest absolute Gasteiger partial charge is 0.496 e. The number of esters is 1. The van der Waals surface area contributed by atoms with Crippen LogP contribution in [0.4, 0.5) is 4.79 Å². The van der Waals surface area contributed by atoms with Crippen molar-refractivity contribution in [2.45, 2.75) is 57.6 Å². The summed E-state index contributed by atoms with van der Waals surface area (Å²) in [5.41, 5.74) is 1.75. The summed E-state index contributed by atoms with van der Waals surface area (Å²) in [5.74, 6) is 0.311. The molecular weight excluding hydrogens is 412 g/mol. The number of methoxy groups -OCH3 is 1. The van der Waals surface area contributed by atoms with Crippen LogP contribution in [0.2, 0.25) is 0 Å². The fraction of sp³-hybridized carbons (Fsp3) is 0.500. The van der Waals surface area contributed by atoms with Gasteiger partial charge in [0.2, 0.25) is 0 Å². The van der Waals surface area contributed by atoms with E-state index in [1.54, 1.807) is 20.1 Å². The van der Waals surface area contributed by atoms with E-state index in [9.17, 15) is 9.59 Å². The number of amides is 2. The van der Waals surface area contributed by atoms with Gasteiger partial charge in [-0.15, -0.1) is 0 Å². The molecule has 3 rings (SSSR count). The summed E-state index contributed by atoms with van der Waals surface area (Å²) in [6.45, 7) is 1.73. The number of carbonyl (C=O) groups is 2. The number of urea groups is 1. The number of carbonyl (C=O) groups excluding carboxylic acids is 2. The Morgan fingerprint density at radius 3 is 2.52 bits per heavy atom. The summed E-state index contributed by atoms with van der Waals surface area (Å²) in [7, 11) is 1.59. The van der Waals surface area contributed by atoms with Gasteiger partial charge in [-0.25, -0.2) is 9.59 Å². The molecule has 2 aliphatic rings. The summed E-state index contributed by atoms with van der Waals surface area (Å²) in [4.78, 5) is 25.0. The highest BCUT2D eigenvalue weighted by atomic mass is 79.9. The zero-order valence-electron chi connectivity index (χ0n) is 15.6. The van der Waals surface area contributed by atoms with Crippen LogP contribution in [0.3, 0.4) is 0 Å². The fourth-order valence-electron chi connectivity index (χ4n) is 3.65. The maximum absolute atomic E-state index is 13.0. The van der Waals surface area contributed by atoms with Crippen LogP contribution in [-0.2, 0) is 9.53 Å². The first-order valence-electron chi connectivity index (χ1n) is 9.32. The summed E-state index contributed by atoms with van der Waals surface area (Å²) in [6.07, 6.45) is 6.29. The first-order valence-corrected chi connectivity index (χ1v) is 10.1. The molecule has 0 radical (unpaired) electrons. The molecule has 0 saturated heterocycles. The van der Waals surface area contributed by atoms with Gasteiger partial charge in [0.25, 0.3) is 0 Å². The van der Waals surface area contributed by atoms with Crippen LogP contribution in [0.15, 0.2) is 33.9 Å². The van der Waals surface area contributed by atoms with Crippen molar-refractivity contribution in [1.82, 2.24) is 10.6 Å². The average molecular weight is 437 g/mol. The van der Waals surface area contributed by atoms with E-state index in [0.717, 1.165) is 35.7 Å². The van der Waals surface area contributed by atoms with Crippen LogP contribution in [-0.4, -0.2) is 25.2 Å². The zero-order valence-corrected chi connectivity index (χ0v) is 17.2. The quantitative estimate of drug-likeness (QED) is 0.543. The van der Waals surface area contributed by atoms with Gasteiger partial charge in [-0.05, 0) is 66.2 Å². The minimum absolute atomic E-state index is 0.0545. The Morgan fingerprint density at radius 1 is 1.19 bits per heavy atom. The zero-order chi connectivity index (χ0) is 19.4. The van der Waals surface area contributed by atoms with Crippen LogP contribution >= 0.6 is 15.9 Å². The molecule has 0 spiro atoms. The Morgan fingerprint density at radius 2 is 1.89 bits per heavy atom. The minimum atomic E-state index is -0.570. The average Bonchev–Trinajstić information content (AvgIpc) is 2.89. The number of allylic oxidation sites excluding steroid dienone is 1. The van der Waals surface area contributed by atoms with Crippen molar-refractivity contribution in [3.05, 3.63) is 39.5 Å². The number of halogens is 1. The molecule has 6 nitrogen and oxygen atoms in total. The molecule has 2 amide bonds. The number of hydrogen-bond acceptors (Lipinski definition) is 4. The third kappa shape index (κ3) is 4.64. The van der Waals surface area contributed by atoms with Crippen molar-refractivity contribution in [3.8, 4) is 5.75 Å². The monoisotopic (exact) mass is 436 g/mol. The van der Waals surface area contributed by atoms with Crippen molar-refractivity contribution in [1.29, 1.82) is 0 Å². The third-order valence-electron chi connectivity index (χ3n) is 5.07. The van der Waals surface area contributed by atoms with Crippen molar-refractivity contribution >= 4 is 27.9 Å². The molecule has 1 aromatic carbocycles. The van der Waals surface area contributed by atoms with E-state index in [1.165, 1.54) is 12.8 Å². The molecule has 1 atom stereocenters. The number of rotatable bonds is 4. The Bertz CT molecular complexity index is 754. The third-order valence-corrected chi connectivity index (χ3v) is 5.69. The van der Waals surface area contributed by atoms with Crippen molar-refractivity contribution in [2.24, 2.45) is 0 Å². The maximum atomic E-state index is 13.0. The van der Waals surface area contributed by atoms with Crippen LogP contribution in [0, 0.1) is 0 Å². The van der Waals surface area contributed by atoms with E-state index in [2.05, 4.69) is 26.6 Å². The molecule has 0 unspecified atom stereocenters. The molecule has 0 bridgehead atoms. The molecule has 2 N–H and O–H groups in total. The van der Waals surface area contributed by atoms with Gasteiger partial charge in [0.15, 0.2) is 0 Å². The standard InChI is InChI=1S/C20H25BrN2O4/c1-12-17(19(24)27-14-7-5-3-4-6-8-14)18(23-20(25)22-12)13-9-10-16(26-2)15(21)11-13/h9-11,14,18H,3-8H2,1-2H3,(H2,22,23,25)/t18-/m0/s1. The van der Waals surface area contributed by atoms with Gasteiger partial charge in [-0.2, -0.15) is 0 Å². The Kier molecular flexibility index (Phi) is 6.42. The lowest BCUT2D eigenvalue weighted by Gasteiger charge is -2.29. The summed E-state index contributed by atoms with van der Waals surface area (Å²) in [6, 6.07) is 4.58. The highest BCUT2D eigenvalue weighted by molar-refractivity contribution is 9.10. The topological polar surface area (TPSA) is 76.7 Å². The second kappa shape index (κ2) is 8.78. The van der Waals surface area contributed by atoms with E-state index < -0.39 is 6.04 Å². The van der Waals surface area contributed by atoms with Gasteiger partial charge in [-0.1, -0.05) is 18.9 Å². The maximum Gasteiger partial charge on any atom is 0.338 e. The molecule has 27 heavy (non-hydrogen) atoms. The van der Waals surface area contributed by atoms with Crippen LogP contribution in [0.1, 0.15) is 57.1 Å². The van der Waals surface area contributed by atoms with Crippen molar-refractivity contribution in [2.75, 3.05) is 7.11 Å². The molecule has 146 valence electrons. The Hall–Kier alpha value is -2.02. The molecule has 7 heteroatoms. The van der Waals surface area contributed by atoms with Crippen LogP contribution in [0.25, 0.3) is 0 Å².